The average molecular weight is 337 g/mol. The maximum Gasteiger partial charge on any atom is 0.244 e. The number of amides is 1. The van der Waals surface area contributed by atoms with Crippen LogP contribution in [-0.2, 0) is 4.79 Å². The lowest BCUT2D eigenvalue weighted by atomic mass is 10.1. The average Bonchev–Trinajstić information content (AvgIpc) is 2.54. The van der Waals surface area contributed by atoms with E-state index in [4.69, 9.17) is 0 Å². The second kappa shape index (κ2) is 11.9. The second-order valence-corrected chi connectivity index (χ2v) is 6.15. The van der Waals surface area contributed by atoms with Crippen LogP contribution in [0.4, 0.5) is 4.39 Å². The lowest BCUT2D eigenvalue weighted by Gasteiger charge is -2.02. The maximum atomic E-state index is 12.8. The van der Waals surface area contributed by atoms with Gasteiger partial charge in [0.1, 0.15) is 5.82 Å². The van der Waals surface area contributed by atoms with Gasteiger partial charge in [0, 0.05) is 18.2 Å². The van der Waals surface area contributed by atoms with Crippen LogP contribution in [-0.4, -0.2) is 17.6 Å². The van der Waals surface area contributed by atoms with E-state index < -0.39 is 0 Å². The van der Waals surface area contributed by atoms with Crippen molar-refractivity contribution in [2.75, 3.05) is 6.54 Å². The Morgan fingerprint density at radius 1 is 1.09 bits per heavy atom. The second-order valence-electron chi connectivity index (χ2n) is 5.27. The van der Waals surface area contributed by atoms with Crippen molar-refractivity contribution in [1.29, 1.82) is 0 Å². The van der Waals surface area contributed by atoms with E-state index in [1.54, 1.807) is 0 Å². The summed E-state index contributed by atoms with van der Waals surface area (Å²) in [5, 5.41) is 4.04. The Kier molecular flexibility index (Phi) is 10.0. The molecular formula is C18H24FNO2S. The SMILES string of the molecule is CCCCCCCCNC(=O)C=CSC(=O)c1ccc(F)cc1. The molecule has 0 heterocycles. The number of carbonyl (C=O) groups is 2. The van der Waals surface area contributed by atoms with Crippen LogP contribution in [0.3, 0.4) is 0 Å². The summed E-state index contributed by atoms with van der Waals surface area (Å²) in [7, 11) is 0. The molecule has 0 spiro atoms. The fraction of sp³-hybridized carbons (Fsp3) is 0.444. The third kappa shape index (κ3) is 9.18. The number of hydrogen-bond acceptors (Lipinski definition) is 3. The first kappa shape index (κ1) is 19.4. The number of rotatable bonds is 10. The molecule has 1 aromatic rings. The molecule has 5 heteroatoms. The molecule has 3 nitrogen and oxygen atoms in total. The van der Waals surface area contributed by atoms with Gasteiger partial charge >= 0.3 is 0 Å². The van der Waals surface area contributed by atoms with Crippen molar-refractivity contribution in [2.45, 2.75) is 45.4 Å². The summed E-state index contributed by atoms with van der Waals surface area (Å²) in [6.45, 7) is 2.84. The van der Waals surface area contributed by atoms with Gasteiger partial charge in [-0.15, -0.1) is 0 Å². The predicted molar refractivity (Wildman–Crippen MR) is 93.8 cm³/mol. The molecule has 0 atom stereocenters. The van der Waals surface area contributed by atoms with Crippen molar-refractivity contribution < 1.29 is 14.0 Å². The molecule has 0 bridgehead atoms. The van der Waals surface area contributed by atoms with E-state index in [2.05, 4.69) is 12.2 Å². The van der Waals surface area contributed by atoms with Crippen molar-refractivity contribution >= 4 is 22.8 Å². The number of halogens is 1. The third-order valence-corrected chi connectivity index (χ3v) is 4.03. The van der Waals surface area contributed by atoms with E-state index in [0.717, 1.165) is 24.6 Å². The highest BCUT2D eigenvalue weighted by Crippen LogP contribution is 2.14. The van der Waals surface area contributed by atoms with E-state index in [0.29, 0.717) is 12.1 Å². The van der Waals surface area contributed by atoms with E-state index in [-0.39, 0.29) is 16.8 Å². The van der Waals surface area contributed by atoms with Crippen molar-refractivity contribution in [1.82, 2.24) is 5.32 Å². The van der Waals surface area contributed by atoms with Crippen LogP contribution in [0.5, 0.6) is 0 Å². The minimum absolute atomic E-state index is 0.196. The lowest BCUT2D eigenvalue weighted by molar-refractivity contribution is -0.116. The van der Waals surface area contributed by atoms with Gasteiger partial charge < -0.3 is 5.32 Å². The molecular weight excluding hydrogens is 313 g/mol. The zero-order valence-electron chi connectivity index (χ0n) is 13.5. The Balaban J connectivity index is 2.15. The van der Waals surface area contributed by atoms with Gasteiger partial charge in [-0.1, -0.05) is 50.8 Å². The standard InChI is InChI=1S/C18H24FNO2S/c1-2-3-4-5-6-7-13-20-17(21)12-14-23-18(22)15-8-10-16(19)11-9-15/h8-12,14H,2-7,13H2,1H3,(H,20,21). The molecule has 1 aromatic carbocycles. The molecule has 1 rings (SSSR count). The quantitative estimate of drug-likeness (QED) is 0.498. The number of benzene rings is 1. The summed E-state index contributed by atoms with van der Waals surface area (Å²) in [5.74, 6) is -0.575. The van der Waals surface area contributed by atoms with E-state index >= 15 is 0 Å². The summed E-state index contributed by atoms with van der Waals surface area (Å²) in [4.78, 5) is 23.3. The zero-order chi connectivity index (χ0) is 16.9. The van der Waals surface area contributed by atoms with Crippen LogP contribution < -0.4 is 5.32 Å². The maximum absolute atomic E-state index is 12.8. The molecule has 1 N–H and O–H groups in total. The molecule has 0 aliphatic rings. The molecule has 0 aliphatic carbocycles. The van der Waals surface area contributed by atoms with Gasteiger partial charge in [-0.2, -0.15) is 0 Å². The van der Waals surface area contributed by atoms with E-state index in [1.807, 2.05) is 0 Å². The van der Waals surface area contributed by atoms with E-state index in [1.165, 1.54) is 61.4 Å². The van der Waals surface area contributed by atoms with Gasteiger partial charge in [0.05, 0.1) is 0 Å². The van der Waals surface area contributed by atoms with Crippen LogP contribution in [0.2, 0.25) is 0 Å². The number of carbonyl (C=O) groups excluding carboxylic acids is 2. The first-order valence-electron chi connectivity index (χ1n) is 8.04. The minimum atomic E-state index is -0.379. The summed E-state index contributed by atoms with van der Waals surface area (Å²) in [6, 6.07) is 5.34. The summed E-state index contributed by atoms with van der Waals surface area (Å²) >= 11 is 0.914. The Labute approximate surface area is 141 Å². The van der Waals surface area contributed by atoms with Crippen molar-refractivity contribution in [3.05, 3.63) is 47.1 Å². The van der Waals surface area contributed by atoms with Gasteiger partial charge in [0.2, 0.25) is 11.0 Å². The summed E-state index contributed by atoms with van der Waals surface area (Å²) in [5.41, 5.74) is 0.411. The highest BCUT2D eigenvalue weighted by molar-refractivity contribution is 8.16. The molecule has 0 fully saturated rings. The zero-order valence-corrected chi connectivity index (χ0v) is 14.3. The molecule has 0 saturated heterocycles. The Morgan fingerprint density at radius 2 is 1.74 bits per heavy atom. The molecule has 0 aromatic heterocycles. The largest absolute Gasteiger partial charge is 0.353 e. The van der Waals surface area contributed by atoms with Gasteiger partial charge in [0.15, 0.2) is 0 Å². The highest BCUT2D eigenvalue weighted by atomic mass is 32.2. The van der Waals surface area contributed by atoms with Crippen molar-refractivity contribution in [3.8, 4) is 0 Å². The van der Waals surface area contributed by atoms with Crippen LogP contribution in [0.25, 0.3) is 0 Å². The number of thioether (sulfide) groups is 1. The van der Waals surface area contributed by atoms with E-state index in [9.17, 15) is 14.0 Å². The smallest absolute Gasteiger partial charge is 0.244 e. The molecule has 0 unspecified atom stereocenters. The highest BCUT2D eigenvalue weighted by Gasteiger charge is 2.04. The van der Waals surface area contributed by atoms with Crippen LogP contribution in [0, 0.1) is 5.82 Å². The number of hydrogen-bond donors (Lipinski definition) is 1. The van der Waals surface area contributed by atoms with Gasteiger partial charge in [-0.05, 0) is 36.1 Å². The van der Waals surface area contributed by atoms with Crippen LogP contribution in [0.15, 0.2) is 35.7 Å². The fourth-order valence-electron chi connectivity index (χ4n) is 1.99. The van der Waals surface area contributed by atoms with Gasteiger partial charge in [-0.3, -0.25) is 9.59 Å². The van der Waals surface area contributed by atoms with Crippen molar-refractivity contribution in [3.63, 3.8) is 0 Å². The fourth-order valence-corrected chi connectivity index (χ4v) is 2.57. The third-order valence-electron chi connectivity index (χ3n) is 3.30. The Morgan fingerprint density at radius 3 is 2.43 bits per heavy atom. The Bertz CT molecular complexity index is 514. The first-order chi connectivity index (χ1) is 11.1. The summed E-state index contributed by atoms with van der Waals surface area (Å²) < 4.78 is 12.8. The Hall–Kier alpha value is -1.62. The van der Waals surface area contributed by atoms with Crippen LogP contribution >= 0.6 is 11.8 Å². The topological polar surface area (TPSA) is 46.2 Å². The van der Waals surface area contributed by atoms with Gasteiger partial charge in [0.25, 0.3) is 0 Å². The predicted octanol–water partition coefficient (Wildman–Crippen LogP) is 4.69. The number of unbranched alkanes of at least 4 members (excludes halogenated alkanes) is 5. The lowest BCUT2D eigenvalue weighted by Crippen LogP contribution is -2.21. The van der Waals surface area contributed by atoms with Crippen LogP contribution in [0.1, 0.15) is 55.8 Å². The molecule has 0 saturated carbocycles. The molecule has 0 aliphatic heterocycles. The summed E-state index contributed by atoms with van der Waals surface area (Å²) in [6.07, 6.45) is 8.42. The monoisotopic (exact) mass is 337 g/mol. The normalized spacial score (nSPS) is 10.9. The first-order valence-corrected chi connectivity index (χ1v) is 8.92. The van der Waals surface area contributed by atoms with Crippen molar-refractivity contribution in [2.24, 2.45) is 0 Å². The number of nitrogens with one attached hydrogen (secondary N) is 1. The minimum Gasteiger partial charge on any atom is -0.353 e. The molecule has 23 heavy (non-hydrogen) atoms. The van der Waals surface area contributed by atoms with Gasteiger partial charge in [-0.25, -0.2) is 4.39 Å². The molecule has 126 valence electrons. The molecule has 1 amide bonds. The molecule has 0 radical (unpaired) electrons.